The standard InChI is InChI=1S/C14H13ClFN3O/c15-12-7-11(16)4-5-13(12)18-8-9-2-1-3-10(6-9)14(17)19-20/h1-7,18,20H,8H2,(H2,17,19). The Kier molecular flexibility index (Phi) is 4.42. The van der Waals surface area contributed by atoms with Crippen LogP contribution in [0, 0.1) is 5.82 Å². The molecule has 0 aromatic heterocycles. The number of halogens is 2. The van der Waals surface area contributed by atoms with E-state index in [9.17, 15) is 4.39 Å². The van der Waals surface area contributed by atoms with E-state index < -0.39 is 0 Å². The smallest absolute Gasteiger partial charge is 0.170 e. The summed E-state index contributed by atoms with van der Waals surface area (Å²) in [4.78, 5) is 0. The van der Waals surface area contributed by atoms with E-state index in [1.165, 1.54) is 12.1 Å². The highest BCUT2D eigenvalue weighted by molar-refractivity contribution is 6.33. The summed E-state index contributed by atoms with van der Waals surface area (Å²) in [5.74, 6) is -0.332. The highest BCUT2D eigenvalue weighted by Crippen LogP contribution is 2.23. The normalized spacial score (nSPS) is 11.4. The lowest BCUT2D eigenvalue weighted by atomic mass is 10.1. The molecule has 0 aliphatic carbocycles. The largest absolute Gasteiger partial charge is 0.409 e. The Balaban J connectivity index is 2.11. The molecule has 0 amide bonds. The van der Waals surface area contributed by atoms with Crippen LogP contribution in [0.1, 0.15) is 11.1 Å². The van der Waals surface area contributed by atoms with E-state index in [2.05, 4.69) is 10.5 Å². The summed E-state index contributed by atoms with van der Waals surface area (Å²) >= 11 is 5.93. The number of rotatable bonds is 4. The van der Waals surface area contributed by atoms with E-state index in [4.69, 9.17) is 22.5 Å². The molecule has 104 valence electrons. The molecule has 20 heavy (non-hydrogen) atoms. The second kappa shape index (κ2) is 6.25. The van der Waals surface area contributed by atoms with Gasteiger partial charge in [-0.15, -0.1) is 0 Å². The van der Waals surface area contributed by atoms with E-state index in [0.717, 1.165) is 5.56 Å². The van der Waals surface area contributed by atoms with Gasteiger partial charge in [0.05, 0.1) is 10.7 Å². The van der Waals surface area contributed by atoms with E-state index >= 15 is 0 Å². The van der Waals surface area contributed by atoms with Crippen LogP contribution in [0.2, 0.25) is 5.02 Å². The van der Waals surface area contributed by atoms with Gasteiger partial charge in [-0.1, -0.05) is 35.0 Å². The number of amidine groups is 1. The number of oxime groups is 1. The fourth-order valence-corrected chi connectivity index (χ4v) is 1.96. The highest BCUT2D eigenvalue weighted by Gasteiger charge is 2.03. The minimum Gasteiger partial charge on any atom is -0.409 e. The lowest BCUT2D eigenvalue weighted by Gasteiger charge is -2.09. The monoisotopic (exact) mass is 293 g/mol. The minimum atomic E-state index is -0.380. The van der Waals surface area contributed by atoms with Gasteiger partial charge >= 0.3 is 0 Å². The number of nitrogens with zero attached hydrogens (tertiary/aromatic N) is 1. The molecule has 0 fully saturated rings. The third kappa shape index (κ3) is 3.39. The van der Waals surface area contributed by atoms with Crippen molar-refractivity contribution in [1.29, 1.82) is 0 Å². The third-order valence-electron chi connectivity index (χ3n) is 2.74. The van der Waals surface area contributed by atoms with E-state index in [1.54, 1.807) is 24.3 Å². The molecule has 0 aliphatic rings. The maximum atomic E-state index is 12.9. The van der Waals surface area contributed by atoms with Crippen LogP contribution in [0.25, 0.3) is 0 Å². The molecular formula is C14H13ClFN3O. The molecule has 0 bridgehead atoms. The van der Waals surface area contributed by atoms with Crippen LogP contribution in [-0.4, -0.2) is 11.0 Å². The van der Waals surface area contributed by atoms with Gasteiger partial charge in [-0.2, -0.15) is 0 Å². The van der Waals surface area contributed by atoms with Crippen molar-refractivity contribution in [1.82, 2.24) is 0 Å². The van der Waals surface area contributed by atoms with Crippen molar-refractivity contribution in [2.45, 2.75) is 6.54 Å². The first kappa shape index (κ1) is 14.1. The van der Waals surface area contributed by atoms with Gasteiger partial charge in [-0.3, -0.25) is 0 Å². The molecule has 0 saturated heterocycles. The number of hydrogen-bond acceptors (Lipinski definition) is 3. The zero-order chi connectivity index (χ0) is 14.5. The SMILES string of the molecule is NC(=NO)c1cccc(CNc2ccc(F)cc2Cl)c1. The first-order chi connectivity index (χ1) is 9.60. The average Bonchev–Trinajstić information content (AvgIpc) is 2.46. The van der Waals surface area contributed by atoms with Crippen molar-refractivity contribution < 1.29 is 9.60 Å². The Morgan fingerprint density at radius 2 is 2.10 bits per heavy atom. The first-order valence-corrected chi connectivity index (χ1v) is 6.23. The summed E-state index contributed by atoms with van der Waals surface area (Å²) in [5, 5.41) is 15.0. The molecule has 0 atom stereocenters. The highest BCUT2D eigenvalue weighted by atomic mass is 35.5. The molecule has 2 aromatic carbocycles. The summed E-state index contributed by atoms with van der Waals surface area (Å²) in [5.41, 5.74) is 7.72. The lowest BCUT2D eigenvalue weighted by molar-refractivity contribution is 0.318. The molecule has 2 rings (SSSR count). The van der Waals surface area contributed by atoms with Crippen LogP contribution in [0.5, 0.6) is 0 Å². The Morgan fingerprint density at radius 3 is 2.80 bits per heavy atom. The topological polar surface area (TPSA) is 70.6 Å². The number of nitrogens with one attached hydrogen (secondary N) is 1. The quantitative estimate of drug-likeness (QED) is 0.351. The van der Waals surface area contributed by atoms with Gasteiger partial charge in [0.25, 0.3) is 0 Å². The fourth-order valence-electron chi connectivity index (χ4n) is 1.73. The average molecular weight is 294 g/mol. The van der Waals surface area contributed by atoms with Crippen molar-refractivity contribution >= 4 is 23.1 Å². The van der Waals surface area contributed by atoms with E-state index in [-0.39, 0.29) is 11.7 Å². The molecule has 0 unspecified atom stereocenters. The van der Waals surface area contributed by atoms with Crippen LogP contribution in [0.3, 0.4) is 0 Å². The molecule has 2 aromatic rings. The second-order valence-corrected chi connectivity index (χ2v) is 4.57. The fraction of sp³-hybridized carbons (Fsp3) is 0.0714. The van der Waals surface area contributed by atoms with Gasteiger partial charge in [0.1, 0.15) is 5.82 Å². The molecular weight excluding hydrogens is 281 g/mol. The molecule has 4 N–H and O–H groups in total. The third-order valence-corrected chi connectivity index (χ3v) is 3.06. The number of anilines is 1. The molecule has 4 nitrogen and oxygen atoms in total. The van der Waals surface area contributed by atoms with Gasteiger partial charge in [-0.05, 0) is 29.8 Å². The Labute approximate surface area is 120 Å². The molecule has 0 radical (unpaired) electrons. The number of benzene rings is 2. The van der Waals surface area contributed by atoms with Gasteiger partial charge in [-0.25, -0.2) is 4.39 Å². The lowest BCUT2D eigenvalue weighted by Crippen LogP contribution is -2.13. The van der Waals surface area contributed by atoms with Crippen molar-refractivity contribution in [3.8, 4) is 0 Å². The van der Waals surface area contributed by atoms with E-state index in [0.29, 0.717) is 22.8 Å². The molecule has 6 heteroatoms. The van der Waals surface area contributed by atoms with Crippen LogP contribution >= 0.6 is 11.6 Å². The Morgan fingerprint density at radius 1 is 1.30 bits per heavy atom. The van der Waals surface area contributed by atoms with Gasteiger partial charge in [0.15, 0.2) is 5.84 Å². The van der Waals surface area contributed by atoms with Crippen LogP contribution in [-0.2, 0) is 6.54 Å². The van der Waals surface area contributed by atoms with Crippen molar-refractivity contribution in [3.63, 3.8) is 0 Å². The minimum absolute atomic E-state index is 0.0478. The van der Waals surface area contributed by atoms with Crippen molar-refractivity contribution in [2.75, 3.05) is 5.32 Å². The first-order valence-electron chi connectivity index (χ1n) is 5.86. The van der Waals surface area contributed by atoms with Crippen LogP contribution in [0.4, 0.5) is 10.1 Å². The zero-order valence-corrected chi connectivity index (χ0v) is 11.2. The Bertz CT molecular complexity index is 646. The number of nitrogens with two attached hydrogens (primary N) is 1. The zero-order valence-electron chi connectivity index (χ0n) is 10.5. The summed E-state index contributed by atoms with van der Waals surface area (Å²) in [6.07, 6.45) is 0. The molecule has 0 spiro atoms. The maximum Gasteiger partial charge on any atom is 0.170 e. The van der Waals surface area contributed by atoms with Crippen molar-refractivity contribution in [2.24, 2.45) is 10.9 Å². The summed E-state index contributed by atoms with van der Waals surface area (Å²) in [6.45, 7) is 0.484. The predicted molar refractivity (Wildman–Crippen MR) is 77.7 cm³/mol. The van der Waals surface area contributed by atoms with E-state index in [1.807, 2.05) is 6.07 Å². The molecule has 0 saturated carbocycles. The summed E-state index contributed by atoms with van der Waals surface area (Å²) < 4.78 is 12.9. The second-order valence-electron chi connectivity index (χ2n) is 4.16. The van der Waals surface area contributed by atoms with Crippen molar-refractivity contribution in [3.05, 3.63) is 64.4 Å². The molecule has 0 aliphatic heterocycles. The van der Waals surface area contributed by atoms with Gasteiger partial charge < -0.3 is 16.3 Å². The van der Waals surface area contributed by atoms with Crippen LogP contribution < -0.4 is 11.1 Å². The van der Waals surface area contributed by atoms with Crippen LogP contribution in [0.15, 0.2) is 47.6 Å². The maximum absolute atomic E-state index is 12.9. The summed E-state index contributed by atoms with van der Waals surface area (Å²) in [6, 6.07) is 11.4. The Hall–Kier alpha value is -2.27. The molecule has 0 heterocycles. The van der Waals surface area contributed by atoms with Gasteiger partial charge in [0, 0.05) is 12.1 Å². The predicted octanol–water partition coefficient (Wildman–Crippen LogP) is 3.19. The van der Waals surface area contributed by atoms with Gasteiger partial charge in [0.2, 0.25) is 0 Å². The summed E-state index contributed by atoms with van der Waals surface area (Å²) in [7, 11) is 0. The number of hydrogen-bond donors (Lipinski definition) is 3.